The maximum atomic E-state index is 12.2. The van der Waals surface area contributed by atoms with Crippen LogP contribution in [0.4, 0.5) is 5.95 Å². The second kappa shape index (κ2) is 9.23. The Bertz CT molecular complexity index is 1280. The topological polar surface area (TPSA) is 87.3 Å². The van der Waals surface area contributed by atoms with E-state index in [1.165, 1.54) is 25.7 Å². The summed E-state index contributed by atoms with van der Waals surface area (Å²) in [6.45, 7) is 0. The molecule has 2 fully saturated rings. The third-order valence-corrected chi connectivity index (χ3v) is 8.18. The number of hydrogen-bond donors (Lipinski definition) is 1. The van der Waals surface area contributed by atoms with E-state index >= 15 is 0 Å². The van der Waals surface area contributed by atoms with Gasteiger partial charge in [0.25, 0.3) is 0 Å². The Morgan fingerprint density at radius 1 is 0.722 bits per heavy atom. The number of para-hydroxylation sites is 2. The lowest BCUT2D eigenvalue weighted by atomic mass is 9.78. The average Bonchev–Trinajstić information content (AvgIpc) is 2.91. The fraction of sp³-hybridized carbons (Fsp3) is 0.433. The van der Waals surface area contributed by atoms with Crippen LogP contribution in [-0.2, 0) is 16.8 Å². The predicted molar refractivity (Wildman–Crippen MR) is 139 cm³/mol. The summed E-state index contributed by atoms with van der Waals surface area (Å²) in [4.78, 5) is 20.9. The Labute approximate surface area is 212 Å². The molecule has 186 valence electrons. The maximum absolute atomic E-state index is 12.2. The molecule has 0 radical (unpaired) electrons. The number of fused-ring (bicyclic) bond motifs is 5. The van der Waals surface area contributed by atoms with Crippen LogP contribution in [0.3, 0.4) is 0 Å². The highest BCUT2D eigenvalue weighted by molar-refractivity contribution is 5.91. The van der Waals surface area contributed by atoms with E-state index in [0.717, 1.165) is 72.4 Å². The van der Waals surface area contributed by atoms with Gasteiger partial charge in [0.05, 0.1) is 5.69 Å². The van der Waals surface area contributed by atoms with Gasteiger partial charge < -0.3 is 15.2 Å². The van der Waals surface area contributed by atoms with Crippen molar-refractivity contribution in [3.8, 4) is 22.6 Å². The molecular weight excluding hydrogens is 450 g/mol. The summed E-state index contributed by atoms with van der Waals surface area (Å²) >= 11 is 0. The lowest BCUT2D eigenvalue weighted by Crippen LogP contribution is -2.49. The van der Waals surface area contributed by atoms with Gasteiger partial charge in [-0.2, -0.15) is 0 Å². The van der Waals surface area contributed by atoms with Crippen molar-refractivity contribution in [2.45, 2.75) is 81.8 Å². The van der Waals surface area contributed by atoms with Gasteiger partial charge in [0.2, 0.25) is 5.95 Å². The largest absolute Gasteiger partial charge is 0.480 e. The maximum Gasteiger partial charge on any atom is 0.220 e. The molecule has 0 atom stereocenters. The summed E-state index contributed by atoms with van der Waals surface area (Å²) in [5.41, 5.74) is 9.19. The number of hydrogen-bond acceptors (Lipinski definition) is 6. The summed E-state index contributed by atoms with van der Waals surface area (Å²) in [6.07, 6.45) is 13.3. The number of nitrogens with zero attached hydrogens (tertiary/aromatic N) is 2. The Kier molecular flexibility index (Phi) is 5.90. The molecule has 2 aliphatic carbocycles. The minimum Gasteiger partial charge on any atom is -0.480 e. The van der Waals surface area contributed by atoms with Crippen LogP contribution in [-0.4, -0.2) is 21.4 Å². The van der Waals surface area contributed by atoms with Gasteiger partial charge in [-0.1, -0.05) is 49.2 Å². The summed E-state index contributed by atoms with van der Waals surface area (Å²) < 4.78 is 12.4. The SMILES string of the molecule is Nc1ncc2c(n1)C1(CCCCC1)Oc1ccccc1-2.O=C1Cc2ccccc2OC12CCCCC2. The number of anilines is 1. The van der Waals surface area contributed by atoms with Gasteiger partial charge in [0.15, 0.2) is 17.0 Å². The van der Waals surface area contributed by atoms with E-state index in [0.29, 0.717) is 12.4 Å². The number of ketones is 1. The van der Waals surface area contributed by atoms with Gasteiger partial charge in [-0.05, 0) is 63.5 Å². The quantitative estimate of drug-likeness (QED) is 0.411. The monoisotopic (exact) mass is 483 g/mol. The fourth-order valence-corrected chi connectivity index (χ4v) is 6.29. The molecular formula is C30H33N3O3. The van der Waals surface area contributed by atoms with Gasteiger partial charge >= 0.3 is 0 Å². The lowest BCUT2D eigenvalue weighted by molar-refractivity contribution is -0.138. The van der Waals surface area contributed by atoms with Gasteiger partial charge in [-0.15, -0.1) is 0 Å². The van der Waals surface area contributed by atoms with Crippen LogP contribution >= 0.6 is 0 Å². The first-order valence-electron chi connectivity index (χ1n) is 13.3. The molecule has 36 heavy (non-hydrogen) atoms. The molecule has 1 aromatic heterocycles. The number of Topliss-reactive ketones (excluding diaryl/α,β-unsaturated/α-hetero) is 1. The van der Waals surface area contributed by atoms with E-state index in [-0.39, 0.29) is 11.4 Å². The minimum absolute atomic E-state index is 0.283. The number of ether oxygens (including phenoxy) is 2. The van der Waals surface area contributed by atoms with Crippen molar-refractivity contribution < 1.29 is 14.3 Å². The van der Waals surface area contributed by atoms with Crippen molar-refractivity contribution in [2.75, 3.05) is 5.73 Å². The molecule has 2 N–H and O–H groups in total. The molecule has 0 saturated heterocycles. The van der Waals surface area contributed by atoms with Gasteiger partial charge in [-0.25, -0.2) is 9.97 Å². The lowest BCUT2D eigenvalue weighted by Gasteiger charge is -2.41. The van der Waals surface area contributed by atoms with E-state index in [1.807, 2.05) is 48.7 Å². The summed E-state index contributed by atoms with van der Waals surface area (Å²) in [7, 11) is 0. The van der Waals surface area contributed by atoms with E-state index in [2.05, 4.69) is 16.0 Å². The first-order chi connectivity index (χ1) is 17.6. The van der Waals surface area contributed by atoms with Crippen molar-refractivity contribution >= 4 is 11.7 Å². The third kappa shape index (κ3) is 4.02. The van der Waals surface area contributed by atoms with Gasteiger partial charge in [0, 0.05) is 29.3 Å². The second-order valence-corrected chi connectivity index (χ2v) is 10.5. The number of carbonyl (C=O) groups excluding carboxylic acids is 1. The molecule has 4 aliphatic rings. The number of carbonyl (C=O) groups is 1. The highest BCUT2D eigenvalue weighted by Crippen LogP contribution is 2.50. The molecule has 2 aliphatic heterocycles. The van der Waals surface area contributed by atoms with Crippen molar-refractivity contribution in [3.63, 3.8) is 0 Å². The Balaban J connectivity index is 0.000000137. The summed E-state index contributed by atoms with van der Waals surface area (Å²) in [5, 5.41) is 0. The number of nitrogens with two attached hydrogens (primary N) is 1. The van der Waals surface area contributed by atoms with Crippen LogP contribution < -0.4 is 15.2 Å². The molecule has 0 bridgehead atoms. The molecule has 0 amide bonds. The first-order valence-corrected chi connectivity index (χ1v) is 13.3. The molecule has 6 nitrogen and oxygen atoms in total. The third-order valence-electron chi connectivity index (χ3n) is 8.18. The Morgan fingerprint density at radius 3 is 2.08 bits per heavy atom. The van der Waals surface area contributed by atoms with Crippen LogP contribution in [0.25, 0.3) is 11.1 Å². The van der Waals surface area contributed by atoms with Crippen LogP contribution in [0, 0.1) is 0 Å². The van der Waals surface area contributed by atoms with E-state index in [9.17, 15) is 4.79 Å². The van der Waals surface area contributed by atoms with Gasteiger partial charge in [-0.3, -0.25) is 4.79 Å². The van der Waals surface area contributed by atoms with Gasteiger partial charge in [0.1, 0.15) is 11.5 Å². The number of benzene rings is 2. The normalized spacial score (nSPS) is 20.6. The standard InChI is InChI=1S/C16H17N3O.C14H16O2/c17-15-18-10-12-11-6-2-3-7-13(11)20-16(14(12)19-15)8-4-1-5-9-16;15-13-10-11-6-2-3-7-12(11)16-14(13)8-4-1-5-9-14/h2-3,6-7,10H,1,4-5,8-9H2,(H2,17,18,19);2-3,6-7H,1,4-5,8-10H2. The molecule has 2 aromatic carbocycles. The molecule has 2 saturated carbocycles. The van der Waals surface area contributed by atoms with E-state index in [4.69, 9.17) is 15.2 Å². The predicted octanol–water partition coefficient (Wildman–Crippen LogP) is 6.17. The van der Waals surface area contributed by atoms with Crippen molar-refractivity contribution in [1.82, 2.24) is 9.97 Å². The molecule has 3 aromatic rings. The molecule has 6 heteroatoms. The summed E-state index contributed by atoms with van der Waals surface area (Å²) in [6, 6.07) is 16.0. The second-order valence-electron chi connectivity index (χ2n) is 10.5. The average molecular weight is 484 g/mol. The highest BCUT2D eigenvalue weighted by atomic mass is 16.5. The first kappa shape index (κ1) is 23.0. The zero-order chi connectivity index (χ0) is 24.6. The molecule has 2 spiro atoms. The number of aromatic nitrogens is 2. The summed E-state index contributed by atoms with van der Waals surface area (Å²) in [5.74, 6) is 2.47. The van der Waals surface area contributed by atoms with Crippen molar-refractivity contribution in [1.29, 1.82) is 0 Å². The molecule has 3 heterocycles. The van der Waals surface area contributed by atoms with Crippen LogP contribution in [0.5, 0.6) is 11.5 Å². The van der Waals surface area contributed by atoms with Crippen LogP contribution in [0.15, 0.2) is 54.7 Å². The zero-order valence-electron chi connectivity index (χ0n) is 20.7. The fourth-order valence-electron chi connectivity index (χ4n) is 6.29. The zero-order valence-corrected chi connectivity index (χ0v) is 20.7. The van der Waals surface area contributed by atoms with Crippen molar-refractivity contribution in [3.05, 3.63) is 66.0 Å². The van der Waals surface area contributed by atoms with Crippen LogP contribution in [0.2, 0.25) is 0 Å². The number of rotatable bonds is 0. The van der Waals surface area contributed by atoms with Crippen molar-refractivity contribution in [2.24, 2.45) is 0 Å². The smallest absolute Gasteiger partial charge is 0.220 e. The highest BCUT2D eigenvalue weighted by Gasteiger charge is 2.45. The van der Waals surface area contributed by atoms with Crippen LogP contribution in [0.1, 0.15) is 75.5 Å². The molecule has 0 unspecified atom stereocenters. The number of nitrogen functional groups attached to an aromatic ring is 1. The Hall–Kier alpha value is -3.41. The van der Waals surface area contributed by atoms with E-state index in [1.54, 1.807) is 0 Å². The molecule has 7 rings (SSSR count). The Morgan fingerprint density at radius 2 is 1.33 bits per heavy atom. The minimum atomic E-state index is -0.480. The van der Waals surface area contributed by atoms with E-state index < -0.39 is 5.60 Å².